The lowest BCUT2D eigenvalue weighted by Crippen LogP contribution is -2.01. The largest absolute Gasteiger partial charge is 0.289 e. The van der Waals surface area contributed by atoms with E-state index in [1.165, 1.54) is 12.1 Å². The minimum Gasteiger partial charge on any atom is -0.289 e. The van der Waals surface area contributed by atoms with Gasteiger partial charge in [-0.2, -0.15) is 0 Å². The Kier molecular flexibility index (Phi) is 6.71. The third kappa shape index (κ3) is 5.45. The zero-order valence-electron chi connectivity index (χ0n) is 12.4. The SMILES string of the molecule is C#C/C=C\C=C(/C)C(=O)Sc1ccc(C(C)C)ccc1=O. The summed E-state index contributed by atoms with van der Waals surface area (Å²) >= 11 is 0.945. The highest BCUT2D eigenvalue weighted by atomic mass is 32.2. The monoisotopic (exact) mass is 298 g/mol. The maximum absolute atomic E-state index is 12.0. The van der Waals surface area contributed by atoms with Gasteiger partial charge in [-0.15, -0.1) is 6.42 Å². The first-order valence-corrected chi connectivity index (χ1v) is 7.43. The predicted molar refractivity (Wildman–Crippen MR) is 89.4 cm³/mol. The molecule has 21 heavy (non-hydrogen) atoms. The molecule has 0 fully saturated rings. The van der Waals surface area contributed by atoms with E-state index in [-0.39, 0.29) is 10.5 Å². The maximum atomic E-state index is 12.0. The lowest BCUT2D eigenvalue weighted by molar-refractivity contribution is -0.107. The third-order valence-electron chi connectivity index (χ3n) is 2.83. The summed E-state index contributed by atoms with van der Waals surface area (Å²) in [7, 11) is 0. The quantitative estimate of drug-likeness (QED) is 0.365. The number of carbonyl (C=O) groups is 1. The summed E-state index contributed by atoms with van der Waals surface area (Å²) in [6.07, 6.45) is 9.87. The zero-order valence-corrected chi connectivity index (χ0v) is 13.2. The fourth-order valence-electron chi connectivity index (χ4n) is 1.53. The third-order valence-corrected chi connectivity index (χ3v) is 3.89. The molecule has 1 rings (SSSR count). The molecule has 2 nitrogen and oxygen atoms in total. The van der Waals surface area contributed by atoms with E-state index in [2.05, 4.69) is 19.8 Å². The average molecular weight is 298 g/mol. The molecule has 0 radical (unpaired) electrons. The van der Waals surface area contributed by atoms with Gasteiger partial charge in [-0.3, -0.25) is 9.59 Å². The van der Waals surface area contributed by atoms with Crippen LogP contribution in [0.25, 0.3) is 0 Å². The number of allylic oxidation sites excluding steroid dienone is 3. The Morgan fingerprint density at radius 1 is 1.29 bits per heavy atom. The lowest BCUT2D eigenvalue weighted by atomic mass is 10.1. The van der Waals surface area contributed by atoms with E-state index >= 15 is 0 Å². The van der Waals surface area contributed by atoms with Crippen LogP contribution in [0.15, 0.2) is 57.8 Å². The van der Waals surface area contributed by atoms with Crippen LogP contribution < -0.4 is 5.43 Å². The van der Waals surface area contributed by atoms with Crippen molar-refractivity contribution < 1.29 is 4.79 Å². The summed E-state index contributed by atoms with van der Waals surface area (Å²) in [5, 5.41) is -0.161. The minimum atomic E-state index is -0.161. The molecule has 0 bridgehead atoms. The molecule has 0 spiro atoms. The van der Waals surface area contributed by atoms with Gasteiger partial charge in [-0.1, -0.05) is 44.1 Å². The molecular weight excluding hydrogens is 280 g/mol. The Labute approximate surface area is 130 Å². The van der Waals surface area contributed by atoms with Gasteiger partial charge in [0.15, 0.2) is 5.43 Å². The molecule has 0 saturated carbocycles. The minimum absolute atomic E-state index is 0.146. The highest BCUT2D eigenvalue weighted by Gasteiger charge is 2.09. The van der Waals surface area contributed by atoms with Crippen molar-refractivity contribution in [2.75, 3.05) is 0 Å². The van der Waals surface area contributed by atoms with Gasteiger partial charge in [0.1, 0.15) is 0 Å². The molecular formula is C18H18O2S. The molecule has 0 unspecified atom stereocenters. The summed E-state index contributed by atoms with van der Waals surface area (Å²) < 4.78 is 0. The number of hydrogen-bond donors (Lipinski definition) is 0. The van der Waals surface area contributed by atoms with E-state index in [1.807, 2.05) is 6.07 Å². The molecule has 1 aromatic carbocycles. The normalized spacial score (nSPS) is 11.7. The molecule has 108 valence electrons. The van der Waals surface area contributed by atoms with E-state index in [9.17, 15) is 9.59 Å². The molecule has 0 atom stereocenters. The van der Waals surface area contributed by atoms with Gasteiger partial charge in [0.05, 0.1) is 4.90 Å². The van der Waals surface area contributed by atoms with Crippen LogP contribution >= 0.6 is 11.8 Å². The van der Waals surface area contributed by atoms with Crippen molar-refractivity contribution in [1.29, 1.82) is 0 Å². The highest BCUT2D eigenvalue weighted by molar-refractivity contribution is 8.14. The van der Waals surface area contributed by atoms with Crippen LogP contribution in [-0.4, -0.2) is 5.12 Å². The number of rotatable bonds is 4. The van der Waals surface area contributed by atoms with Crippen LogP contribution in [-0.2, 0) is 4.79 Å². The average Bonchev–Trinajstić information content (AvgIpc) is 2.62. The summed E-state index contributed by atoms with van der Waals surface area (Å²) in [4.78, 5) is 24.5. The van der Waals surface area contributed by atoms with Crippen LogP contribution in [0.3, 0.4) is 0 Å². The summed E-state index contributed by atoms with van der Waals surface area (Å²) in [5.74, 6) is 2.68. The number of terminal acetylenes is 1. The lowest BCUT2D eigenvalue weighted by Gasteiger charge is -2.00. The Hall–Kier alpha value is -2.05. The Morgan fingerprint density at radius 2 is 1.95 bits per heavy atom. The van der Waals surface area contributed by atoms with Crippen molar-refractivity contribution in [1.82, 2.24) is 0 Å². The standard InChI is InChI=1S/C18H18O2S/c1-5-6-7-8-14(4)18(20)21-17-12-10-15(13(2)3)9-11-16(17)19/h1,6-13H,2-4H3/b7-6-,14-8+. The summed E-state index contributed by atoms with van der Waals surface area (Å²) in [6.45, 7) is 5.81. The van der Waals surface area contributed by atoms with Gasteiger partial charge in [-0.25, -0.2) is 0 Å². The molecule has 0 aromatic heterocycles. The van der Waals surface area contributed by atoms with E-state index in [4.69, 9.17) is 6.42 Å². The van der Waals surface area contributed by atoms with Gasteiger partial charge in [0, 0.05) is 5.57 Å². The van der Waals surface area contributed by atoms with Crippen molar-refractivity contribution in [3.63, 3.8) is 0 Å². The first-order valence-electron chi connectivity index (χ1n) is 6.61. The second kappa shape index (κ2) is 8.28. The fourth-order valence-corrected chi connectivity index (χ4v) is 2.26. The van der Waals surface area contributed by atoms with Crippen molar-refractivity contribution in [2.45, 2.75) is 31.6 Å². The van der Waals surface area contributed by atoms with Crippen molar-refractivity contribution in [3.05, 3.63) is 63.9 Å². The smallest absolute Gasteiger partial charge is 0.219 e. The van der Waals surface area contributed by atoms with Crippen LogP contribution in [0, 0.1) is 12.3 Å². The number of hydrogen-bond acceptors (Lipinski definition) is 3. The van der Waals surface area contributed by atoms with Crippen molar-refractivity contribution in [3.8, 4) is 12.3 Å². The van der Waals surface area contributed by atoms with Crippen LogP contribution in [0.4, 0.5) is 0 Å². The van der Waals surface area contributed by atoms with Crippen LogP contribution in [0.2, 0.25) is 0 Å². The predicted octanol–water partition coefficient (Wildman–Crippen LogP) is 3.92. The Bertz CT molecular complexity index is 676. The Morgan fingerprint density at radius 3 is 2.57 bits per heavy atom. The van der Waals surface area contributed by atoms with Crippen LogP contribution in [0.1, 0.15) is 32.3 Å². The molecule has 0 aliphatic heterocycles. The van der Waals surface area contributed by atoms with Gasteiger partial charge in [0.2, 0.25) is 5.12 Å². The first kappa shape index (κ1) is 17.0. The molecule has 0 amide bonds. The molecule has 0 heterocycles. The van der Waals surface area contributed by atoms with E-state index in [0.29, 0.717) is 16.4 Å². The topological polar surface area (TPSA) is 34.1 Å². The molecule has 0 saturated heterocycles. The Balaban J connectivity index is 2.99. The highest BCUT2D eigenvalue weighted by Crippen LogP contribution is 2.20. The summed E-state index contributed by atoms with van der Waals surface area (Å²) in [5.41, 5.74) is 1.46. The van der Waals surface area contributed by atoms with Gasteiger partial charge in [0.25, 0.3) is 0 Å². The number of thioether (sulfide) groups is 1. The number of carbonyl (C=O) groups excluding carboxylic acids is 1. The van der Waals surface area contributed by atoms with Gasteiger partial charge < -0.3 is 0 Å². The molecule has 1 aromatic rings. The van der Waals surface area contributed by atoms with Gasteiger partial charge >= 0.3 is 0 Å². The van der Waals surface area contributed by atoms with Crippen molar-refractivity contribution >= 4 is 16.9 Å². The van der Waals surface area contributed by atoms with Crippen LogP contribution in [0.5, 0.6) is 0 Å². The molecule has 0 aliphatic rings. The van der Waals surface area contributed by atoms with E-state index in [1.54, 1.807) is 31.2 Å². The van der Waals surface area contributed by atoms with Crippen molar-refractivity contribution in [2.24, 2.45) is 0 Å². The first-order chi connectivity index (χ1) is 9.95. The maximum Gasteiger partial charge on any atom is 0.219 e. The summed E-state index contributed by atoms with van der Waals surface area (Å²) in [6, 6.07) is 6.92. The van der Waals surface area contributed by atoms with E-state index < -0.39 is 0 Å². The second-order valence-electron chi connectivity index (χ2n) is 4.81. The zero-order chi connectivity index (χ0) is 15.8. The molecule has 0 aliphatic carbocycles. The fraction of sp³-hybridized carbons (Fsp3) is 0.222. The molecule has 0 N–H and O–H groups in total. The van der Waals surface area contributed by atoms with Gasteiger partial charge in [-0.05, 0) is 48.4 Å². The van der Waals surface area contributed by atoms with E-state index in [0.717, 1.165) is 17.3 Å². The second-order valence-corrected chi connectivity index (χ2v) is 5.83. The molecule has 3 heteroatoms.